The van der Waals surface area contributed by atoms with Crippen LogP contribution in [0.15, 0.2) is 60.8 Å². The number of hydrogen-bond donors (Lipinski definition) is 3. The van der Waals surface area contributed by atoms with Gasteiger partial charge in [0.15, 0.2) is 9.84 Å². The van der Waals surface area contributed by atoms with E-state index in [1.807, 2.05) is 36.4 Å². The average Bonchev–Trinajstić information content (AvgIpc) is 2.94. The lowest BCUT2D eigenvalue weighted by atomic mass is 9.87. The summed E-state index contributed by atoms with van der Waals surface area (Å²) in [5.41, 5.74) is 0.593. The van der Waals surface area contributed by atoms with Gasteiger partial charge in [-0.15, -0.1) is 0 Å². The first-order chi connectivity index (χ1) is 19.4. The van der Waals surface area contributed by atoms with Gasteiger partial charge in [0.25, 0.3) is 5.91 Å². The summed E-state index contributed by atoms with van der Waals surface area (Å²) in [7, 11) is -3.28. The lowest BCUT2D eigenvalue weighted by Crippen LogP contribution is -2.47. The number of aliphatic hydroxyl groups is 1. The summed E-state index contributed by atoms with van der Waals surface area (Å²) < 4.78 is 38.1. The summed E-state index contributed by atoms with van der Waals surface area (Å²) in [6.07, 6.45) is 0.594. The van der Waals surface area contributed by atoms with Crippen LogP contribution in [0.1, 0.15) is 56.1 Å². The quantitative estimate of drug-likeness (QED) is 0.248. The largest absolute Gasteiger partial charge is 0.391 e. The molecule has 0 spiro atoms. The number of nitrogens with zero attached hydrogens (tertiary/aromatic N) is 2. The number of halogens is 1. The Hall–Kier alpha value is -3.44. The van der Waals surface area contributed by atoms with Gasteiger partial charge in [0, 0.05) is 18.2 Å². The Morgan fingerprint density at radius 3 is 2.37 bits per heavy atom. The maximum absolute atomic E-state index is 14.4. The van der Waals surface area contributed by atoms with E-state index in [0.29, 0.717) is 11.0 Å². The van der Waals surface area contributed by atoms with Gasteiger partial charge in [-0.2, -0.15) is 0 Å². The molecule has 2 aromatic carbocycles. The fourth-order valence-corrected chi connectivity index (χ4v) is 5.11. The molecule has 0 saturated carbocycles. The molecule has 3 rings (SSSR count). The normalized spacial score (nSPS) is 14.3. The van der Waals surface area contributed by atoms with E-state index in [4.69, 9.17) is 0 Å². The predicted octanol–water partition coefficient (Wildman–Crippen LogP) is 3.42. The molecule has 1 aromatic heterocycles. The van der Waals surface area contributed by atoms with Gasteiger partial charge in [-0.1, -0.05) is 49.4 Å². The second-order valence-corrected chi connectivity index (χ2v) is 13.3. The molecule has 2 amide bonds. The Morgan fingerprint density at radius 2 is 1.71 bits per heavy atom. The van der Waals surface area contributed by atoms with E-state index in [9.17, 15) is 27.5 Å². The first-order valence-electron chi connectivity index (χ1n) is 13.8. The number of alkyl halides is 1. The van der Waals surface area contributed by atoms with Crippen LogP contribution in [-0.4, -0.2) is 71.2 Å². The first kappa shape index (κ1) is 32.1. The Morgan fingerprint density at radius 1 is 1.05 bits per heavy atom. The van der Waals surface area contributed by atoms with Crippen molar-refractivity contribution in [3.05, 3.63) is 72.1 Å². The number of amides is 2. The fourth-order valence-electron chi connectivity index (χ4n) is 4.41. The third-order valence-electron chi connectivity index (χ3n) is 6.90. The molecule has 0 radical (unpaired) electrons. The van der Waals surface area contributed by atoms with Crippen molar-refractivity contribution in [3.63, 3.8) is 0 Å². The summed E-state index contributed by atoms with van der Waals surface area (Å²) in [5, 5.41) is 16.8. The molecule has 0 aliphatic heterocycles. The van der Waals surface area contributed by atoms with E-state index in [0.717, 1.165) is 5.56 Å². The monoisotopic (exact) mass is 586 g/mol. The summed E-state index contributed by atoms with van der Waals surface area (Å²) >= 11 is 0. The van der Waals surface area contributed by atoms with E-state index in [-0.39, 0.29) is 49.4 Å². The van der Waals surface area contributed by atoms with Gasteiger partial charge in [-0.3, -0.25) is 14.6 Å². The number of fused-ring (bicyclic) bond motifs is 1. The molecule has 3 atom stereocenters. The number of rotatable bonds is 15. The molecule has 3 N–H and O–H groups in total. The van der Waals surface area contributed by atoms with Crippen molar-refractivity contribution in [1.82, 2.24) is 20.6 Å². The number of carbonyl (C=O) groups excluding carboxylic acids is 2. The highest BCUT2D eigenvalue weighted by atomic mass is 32.2. The van der Waals surface area contributed by atoms with Crippen LogP contribution >= 0.6 is 0 Å². The Balaban J connectivity index is 1.79. The first-order valence-corrected chi connectivity index (χ1v) is 15.6. The number of sulfone groups is 1. The van der Waals surface area contributed by atoms with Crippen LogP contribution in [0.5, 0.6) is 0 Å². The van der Waals surface area contributed by atoms with Gasteiger partial charge >= 0.3 is 0 Å². The van der Waals surface area contributed by atoms with Crippen molar-refractivity contribution in [3.8, 4) is 0 Å². The maximum Gasteiger partial charge on any atom is 0.271 e. The third-order valence-corrected chi connectivity index (χ3v) is 8.60. The molecule has 0 fully saturated rings. The van der Waals surface area contributed by atoms with Crippen molar-refractivity contribution in [1.29, 1.82) is 0 Å². The summed E-state index contributed by atoms with van der Waals surface area (Å²) in [5.74, 6) is -2.05. The predicted molar refractivity (Wildman–Crippen MR) is 157 cm³/mol. The third kappa shape index (κ3) is 10.5. The standard InChI is InChI=1S/C30H39FN4O5S/c1-4-41(39,40)17-16-32-28(37)22(14-15-30(2,3)31)19-27(36)25(18-21-10-6-5-7-11-21)35-29(38)26-20-33-23-12-8-9-13-24(23)34-26/h5-13,20,22,25,27,36H,4,14-19H2,1-3H3,(H,32,37)(H,35,38)/t22?,25-,27-/m0/s1. The zero-order valence-electron chi connectivity index (χ0n) is 23.7. The van der Waals surface area contributed by atoms with Gasteiger partial charge in [-0.05, 0) is 57.2 Å². The van der Waals surface area contributed by atoms with Crippen LogP contribution in [0.25, 0.3) is 11.0 Å². The fraction of sp³-hybridized carbons (Fsp3) is 0.467. The van der Waals surface area contributed by atoms with Crippen molar-refractivity contribution in [2.75, 3.05) is 18.1 Å². The minimum atomic E-state index is -3.28. The van der Waals surface area contributed by atoms with Gasteiger partial charge in [0.1, 0.15) is 11.4 Å². The Kier molecular flexibility index (Phi) is 11.3. The second-order valence-electron chi connectivity index (χ2n) is 10.8. The molecule has 0 bridgehead atoms. The summed E-state index contributed by atoms with van der Waals surface area (Å²) in [6, 6.07) is 15.6. The van der Waals surface area contributed by atoms with Crippen LogP contribution in [0.2, 0.25) is 0 Å². The zero-order chi connectivity index (χ0) is 30.0. The lowest BCUT2D eigenvalue weighted by Gasteiger charge is -2.28. The SMILES string of the molecule is CCS(=O)(=O)CCNC(=O)C(CCC(C)(C)F)C[C@H](O)[C@H](Cc1ccccc1)NC(=O)c1cnc2ccccc2n1. The molecule has 11 heteroatoms. The topological polar surface area (TPSA) is 138 Å². The summed E-state index contributed by atoms with van der Waals surface area (Å²) in [6.45, 7) is 4.28. The van der Waals surface area contributed by atoms with Crippen LogP contribution in [0, 0.1) is 5.92 Å². The highest BCUT2D eigenvalue weighted by Gasteiger charge is 2.30. The number of hydrogen-bond acceptors (Lipinski definition) is 7. The lowest BCUT2D eigenvalue weighted by molar-refractivity contribution is -0.126. The van der Waals surface area contributed by atoms with E-state index in [1.165, 1.54) is 27.0 Å². The van der Waals surface area contributed by atoms with Crippen LogP contribution in [0.3, 0.4) is 0 Å². The molecular weight excluding hydrogens is 547 g/mol. The van der Waals surface area contributed by atoms with Crippen molar-refractivity contribution in [2.24, 2.45) is 5.92 Å². The summed E-state index contributed by atoms with van der Waals surface area (Å²) in [4.78, 5) is 35.0. The minimum absolute atomic E-state index is 0.0382. The van der Waals surface area contributed by atoms with E-state index < -0.39 is 45.4 Å². The molecule has 1 heterocycles. The zero-order valence-corrected chi connectivity index (χ0v) is 24.5. The van der Waals surface area contributed by atoms with E-state index in [1.54, 1.807) is 18.2 Å². The van der Waals surface area contributed by atoms with Crippen molar-refractivity contribution >= 4 is 32.7 Å². The Bertz CT molecular complexity index is 1410. The van der Waals surface area contributed by atoms with Crippen LogP contribution < -0.4 is 10.6 Å². The molecule has 41 heavy (non-hydrogen) atoms. The maximum atomic E-state index is 14.4. The van der Waals surface area contributed by atoms with Gasteiger partial charge in [0.2, 0.25) is 5.91 Å². The average molecular weight is 587 g/mol. The van der Waals surface area contributed by atoms with E-state index >= 15 is 0 Å². The molecule has 0 aliphatic rings. The molecule has 222 valence electrons. The molecule has 0 aliphatic carbocycles. The van der Waals surface area contributed by atoms with Crippen molar-refractivity contribution in [2.45, 2.75) is 64.3 Å². The van der Waals surface area contributed by atoms with E-state index in [2.05, 4.69) is 20.6 Å². The highest BCUT2D eigenvalue weighted by molar-refractivity contribution is 7.91. The smallest absolute Gasteiger partial charge is 0.271 e. The number of nitrogens with one attached hydrogen (secondary N) is 2. The second kappa shape index (κ2) is 14.5. The van der Waals surface area contributed by atoms with Crippen LogP contribution in [-0.2, 0) is 21.1 Å². The van der Waals surface area contributed by atoms with Gasteiger partial charge in [-0.25, -0.2) is 17.8 Å². The minimum Gasteiger partial charge on any atom is -0.391 e. The van der Waals surface area contributed by atoms with Gasteiger partial charge < -0.3 is 15.7 Å². The number of aromatic nitrogens is 2. The number of benzene rings is 2. The van der Waals surface area contributed by atoms with Gasteiger partial charge in [0.05, 0.1) is 35.1 Å². The van der Waals surface area contributed by atoms with Crippen LogP contribution in [0.4, 0.5) is 4.39 Å². The molecule has 0 saturated heterocycles. The molecule has 1 unspecified atom stereocenters. The number of carbonyl (C=O) groups is 2. The molecular formula is C30H39FN4O5S. The molecule has 9 nitrogen and oxygen atoms in total. The number of aliphatic hydroxyl groups excluding tert-OH is 1. The van der Waals surface area contributed by atoms with Crippen molar-refractivity contribution < 1.29 is 27.5 Å². The number of para-hydroxylation sites is 2. The molecule has 3 aromatic rings. The highest BCUT2D eigenvalue weighted by Crippen LogP contribution is 2.24. The Labute approximate surface area is 240 Å².